The van der Waals surface area contributed by atoms with Crippen LogP contribution in [-0.4, -0.2) is 61.3 Å². The third kappa shape index (κ3) is 28.0. The fourth-order valence-corrected chi connectivity index (χ4v) is 4.66. The molecule has 0 bridgehead atoms. The molecule has 0 aliphatic rings. The third-order valence-electron chi connectivity index (χ3n) is 5.99. The van der Waals surface area contributed by atoms with Gasteiger partial charge in [-0.1, -0.05) is 77.6 Å². The molecule has 0 aromatic heterocycles. The summed E-state index contributed by atoms with van der Waals surface area (Å²) in [5.74, 6) is -1.56. The lowest BCUT2D eigenvalue weighted by molar-refractivity contribution is -0.228. The minimum atomic E-state index is -4.38. The van der Waals surface area contributed by atoms with Gasteiger partial charge in [-0.15, -0.1) is 0 Å². The number of carbonyl (C=O) groups is 2. The largest absolute Gasteiger partial charge is 0.756 e. The highest BCUT2D eigenvalue weighted by atomic mass is 31.2. The van der Waals surface area contributed by atoms with Crippen LogP contribution >= 0.6 is 7.82 Å². The number of hydrogen-bond donors (Lipinski definition) is 2. The Morgan fingerprint density at radius 3 is 1.61 bits per heavy atom. The molecule has 0 radical (unpaired) electrons. The van der Waals surface area contributed by atoms with Crippen LogP contribution in [0.5, 0.6) is 0 Å². The van der Waals surface area contributed by atoms with Crippen molar-refractivity contribution in [1.82, 2.24) is 0 Å². The van der Waals surface area contributed by atoms with Crippen molar-refractivity contribution in [1.29, 1.82) is 0 Å². The molecule has 0 aliphatic heterocycles. The highest BCUT2D eigenvalue weighted by molar-refractivity contribution is 7.45. The molecule has 2 N–H and O–H groups in total. The molecule has 2 atom stereocenters. The van der Waals surface area contributed by atoms with Gasteiger partial charge in [-0.2, -0.15) is 0 Å². The van der Waals surface area contributed by atoms with Crippen molar-refractivity contribution in [2.45, 2.75) is 129 Å². The highest BCUT2D eigenvalue weighted by Crippen LogP contribution is 2.38. The quantitative estimate of drug-likeness (QED) is 0.0769. The number of unbranched alkanes of at least 4 members (excludes halogenated alkanes) is 13. The molecule has 38 heavy (non-hydrogen) atoms. The van der Waals surface area contributed by atoms with Crippen LogP contribution in [0.25, 0.3) is 0 Å². The van der Waals surface area contributed by atoms with E-state index in [1.807, 2.05) is 0 Å². The molecular weight excluding hydrogens is 515 g/mol. The maximum Gasteiger partial charge on any atom is 0.303 e. The lowest BCUT2D eigenvalue weighted by atomic mass is 10.0. The molecule has 0 aromatic rings. The van der Waals surface area contributed by atoms with Gasteiger partial charge in [0.15, 0.2) is 0 Å². The Hall–Kier alpha value is -1.03. The molecule has 0 fully saturated rings. The normalized spacial score (nSPS) is 13.8. The SMILES string of the molecule is CCCOP(=O)([O-])OCC(COCCCCCCCCCCCCCCCC(=O)O)OCCCCC(=O)O. The van der Waals surface area contributed by atoms with E-state index in [0.717, 1.165) is 38.5 Å². The first-order chi connectivity index (χ1) is 18.3. The zero-order valence-corrected chi connectivity index (χ0v) is 24.3. The first-order valence-corrected chi connectivity index (χ1v) is 16.0. The molecular formula is C27H52O10P-. The van der Waals surface area contributed by atoms with Crippen LogP contribution in [0.1, 0.15) is 122 Å². The molecule has 0 saturated carbocycles. The van der Waals surface area contributed by atoms with E-state index in [1.165, 1.54) is 44.9 Å². The Morgan fingerprint density at radius 1 is 0.658 bits per heavy atom. The number of carboxylic acid groups (broad SMARTS) is 2. The molecule has 0 spiro atoms. The number of rotatable bonds is 30. The van der Waals surface area contributed by atoms with E-state index < -0.39 is 25.9 Å². The van der Waals surface area contributed by atoms with Crippen LogP contribution in [-0.2, 0) is 32.7 Å². The highest BCUT2D eigenvalue weighted by Gasteiger charge is 2.16. The summed E-state index contributed by atoms with van der Waals surface area (Å²) in [7, 11) is -4.38. The van der Waals surface area contributed by atoms with Gasteiger partial charge in [0.25, 0.3) is 7.82 Å². The smallest absolute Gasteiger partial charge is 0.303 e. The average Bonchev–Trinajstić information content (AvgIpc) is 2.86. The summed E-state index contributed by atoms with van der Waals surface area (Å²) in [5, 5.41) is 17.3. The van der Waals surface area contributed by atoms with Crippen molar-refractivity contribution in [2.75, 3.05) is 33.0 Å². The van der Waals surface area contributed by atoms with Crippen LogP contribution in [0.3, 0.4) is 0 Å². The van der Waals surface area contributed by atoms with E-state index in [0.29, 0.717) is 32.5 Å². The van der Waals surface area contributed by atoms with Gasteiger partial charge >= 0.3 is 11.9 Å². The van der Waals surface area contributed by atoms with Gasteiger partial charge < -0.3 is 33.6 Å². The number of carboxylic acids is 2. The minimum Gasteiger partial charge on any atom is -0.756 e. The number of phosphoric acid groups is 1. The monoisotopic (exact) mass is 567 g/mol. The van der Waals surface area contributed by atoms with Crippen molar-refractivity contribution < 1.29 is 47.8 Å². The number of ether oxygens (including phenoxy) is 2. The van der Waals surface area contributed by atoms with E-state index in [4.69, 9.17) is 28.7 Å². The third-order valence-corrected chi connectivity index (χ3v) is 6.96. The Balaban J connectivity index is 3.81. The Bertz CT molecular complexity index is 617. The summed E-state index contributed by atoms with van der Waals surface area (Å²) in [6, 6.07) is 0. The summed E-state index contributed by atoms with van der Waals surface area (Å²) in [6.45, 7) is 2.73. The first kappa shape index (κ1) is 37.0. The predicted octanol–water partition coefficient (Wildman–Crippen LogP) is 6.10. The van der Waals surface area contributed by atoms with Crippen molar-refractivity contribution in [3.8, 4) is 0 Å². The van der Waals surface area contributed by atoms with Crippen LogP contribution in [0.4, 0.5) is 0 Å². The number of phosphoric ester groups is 1. The lowest BCUT2D eigenvalue weighted by Crippen LogP contribution is -2.27. The van der Waals surface area contributed by atoms with Crippen molar-refractivity contribution in [2.24, 2.45) is 0 Å². The molecule has 0 amide bonds. The van der Waals surface area contributed by atoms with Gasteiger partial charge in [0.2, 0.25) is 0 Å². The molecule has 0 rings (SSSR count). The number of hydrogen-bond acceptors (Lipinski definition) is 8. The molecule has 10 nitrogen and oxygen atoms in total. The summed E-state index contributed by atoms with van der Waals surface area (Å²) >= 11 is 0. The fraction of sp³-hybridized carbons (Fsp3) is 0.926. The standard InChI is InChI=1S/C27H53O10P/c1-2-20-36-38(32,33)37-24-25(35-22-17-15-19-27(30)31)23-34-21-16-13-11-9-7-5-3-4-6-8-10-12-14-18-26(28)29/h25H,2-24H2,1H3,(H,28,29)(H,30,31)(H,32,33)/p-1. The van der Waals surface area contributed by atoms with E-state index in [1.54, 1.807) is 6.92 Å². The Labute approximate surface area is 229 Å². The van der Waals surface area contributed by atoms with Crippen LogP contribution in [0, 0.1) is 0 Å². The summed E-state index contributed by atoms with van der Waals surface area (Å²) in [4.78, 5) is 32.9. The second kappa shape index (κ2) is 26.2. The van der Waals surface area contributed by atoms with Crippen LogP contribution in [0.2, 0.25) is 0 Å². The molecule has 0 heterocycles. The Kier molecular flexibility index (Phi) is 25.5. The summed E-state index contributed by atoms with van der Waals surface area (Å²) in [6.07, 6.45) is 16.1. The average molecular weight is 568 g/mol. The molecule has 0 aromatic carbocycles. The maximum absolute atomic E-state index is 11.8. The van der Waals surface area contributed by atoms with Crippen LogP contribution in [0.15, 0.2) is 0 Å². The van der Waals surface area contributed by atoms with E-state index in [9.17, 15) is 19.0 Å². The van der Waals surface area contributed by atoms with Gasteiger partial charge in [0.05, 0.1) is 19.8 Å². The zero-order chi connectivity index (χ0) is 28.3. The second-order valence-corrected chi connectivity index (χ2v) is 11.1. The number of aliphatic carboxylic acids is 2. The molecule has 0 aliphatic carbocycles. The molecule has 11 heteroatoms. The molecule has 0 saturated heterocycles. The maximum atomic E-state index is 11.8. The molecule has 226 valence electrons. The molecule has 2 unspecified atom stereocenters. The van der Waals surface area contributed by atoms with Gasteiger partial charge in [-0.05, 0) is 32.1 Å². The lowest BCUT2D eigenvalue weighted by Gasteiger charge is -2.25. The fourth-order valence-electron chi connectivity index (χ4n) is 3.83. The topological polar surface area (TPSA) is 152 Å². The van der Waals surface area contributed by atoms with E-state index in [-0.39, 0.29) is 32.7 Å². The first-order valence-electron chi connectivity index (χ1n) is 14.5. The van der Waals surface area contributed by atoms with E-state index >= 15 is 0 Å². The van der Waals surface area contributed by atoms with Gasteiger partial charge in [-0.25, -0.2) is 0 Å². The minimum absolute atomic E-state index is 0.0650. The van der Waals surface area contributed by atoms with Gasteiger partial charge in [-0.3, -0.25) is 14.2 Å². The Morgan fingerprint density at radius 2 is 1.11 bits per heavy atom. The van der Waals surface area contributed by atoms with Gasteiger partial charge in [0.1, 0.15) is 6.10 Å². The summed E-state index contributed by atoms with van der Waals surface area (Å²) in [5.41, 5.74) is 0. The van der Waals surface area contributed by atoms with Crippen molar-refractivity contribution in [3.05, 3.63) is 0 Å². The van der Waals surface area contributed by atoms with Crippen LogP contribution < -0.4 is 4.89 Å². The van der Waals surface area contributed by atoms with Crippen molar-refractivity contribution >= 4 is 19.8 Å². The second-order valence-electron chi connectivity index (χ2n) is 9.73. The zero-order valence-electron chi connectivity index (χ0n) is 23.4. The van der Waals surface area contributed by atoms with Crippen molar-refractivity contribution in [3.63, 3.8) is 0 Å². The van der Waals surface area contributed by atoms with Gasteiger partial charge in [0, 0.05) is 26.1 Å². The predicted molar refractivity (Wildman–Crippen MR) is 144 cm³/mol. The van der Waals surface area contributed by atoms with E-state index in [2.05, 4.69) is 0 Å². The summed E-state index contributed by atoms with van der Waals surface area (Å²) < 4.78 is 32.8.